The van der Waals surface area contributed by atoms with Gasteiger partial charge in [-0.15, -0.1) is 11.8 Å². The predicted octanol–water partition coefficient (Wildman–Crippen LogP) is 5.15. The van der Waals surface area contributed by atoms with Crippen LogP contribution < -0.4 is 0 Å². The lowest BCUT2D eigenvalue weighted by molar-refractivity contribution is 0.00169. The van der Waals surface area contributed by atoms with Crippen LogP contribution in [0.2, 0.25) is 0 Å². The highest BCUT2D eigenvalue weighted by atomic mass is 32.2. The summed E-state index contributed by atoms with van der Waals surface area (Å²) in [5.74, 6) is 3.02. The zero-order valence-corrected chi connectivity index (χ0v) is 13.9. The first-order chi connectivity index (χ1) is 8.87. The van der Waals surface area contributed by atoms with E-state index in [4.69, 9.17) is 4.99 Å². The van der Waals surface area contributed by atoms with Crippen LogP contribution >= 0.6 is 11.8 Å². The summed E-state index contributed by atoms with van der Waals surface area (Å²) < 4.78 is 0. The third-order valence-corrected chi connectivity index (χ3v) is 5.99. The maximum Gasteiger partial charge on any atom is 0.0685 e. The second-order valence-corrected chi connectivity index (χ2v) is 9.47. The van der Waals surface area contributed by atoms with E-state index in [1.165, 1.54) is 43.6 Å². The molecular formula is C17H29NS. The van der Waals surface area contributed by atoms with Gasteiger partial charge in [0.25, 0.3) is 0 Å². The van der Waals surface area contributed by atoms with Crippen LogP contribution in [0.15, 0.2) is 4.99 Å². The van der Waals surface area contributed by atoms with E-state index in [-0.39, 0.29) is 0 Å². The van der Waals surface area contributed by atoms with Crippen molar-refractivity contribution in [3.8, 4) is 0 Å². The van der Waals surface area contributed by atoms with Gasteiger partial charge < -0.3 is 0 Å². The van der Waals surface area contributed by atoms with Gasteiger partial charge in [-0.3, -0.25) is 4.99 Å². The van der Waals surface area contributed by atoms with Gasteiger partial charge in [-0.05, 0) is 67.9 Å². The number of nitrogens with zero attached hydrogens (tertiary/aromatic N) is 1. The molecule has 0 aromatic rings. The first-order valence-corrected chi connectivity index (χ1v) is 9.23. The molecule has 0 spiro atoms. The van der Waals surface area contributed by atoms with E-state index < -0.39 is 0 Å². The fourth-order valence-corrected chi connectivity index (χ4v) is 5.94. The minimum absolute atomic E-state index is 0.359. The van der Waals surface area contributed by atoms with Gasteiger partial charge in [-0.1, -0.05) is 20.8 Å². The smallest absolute Gasteiger partial charge is 0.0685 e. The number of aliphatic imine (C=N–C) groups is 1. The van der Waals surface area contributed by atoms with E-state index in [1.807, 2.05) is 11.8 Å². The van der Waals surface area contributed by atoms with E-state index in [0.29, 0.717) is 11.0 Å². The summed E-state index contributed by atoms with van der Waals surface area (Å²) in [6.45, 7) is 7.00. The summed E-state index contributed by atoms with van der Waals surface area (Å²) in [6.07, 6.45) is 12.1. The Kier molecular flexibility index (Phi) is 3.52. The molecule has 4 bridgehead atoms. The quantitative estimate of drug-likeness (QED) is 0.503. The van der Waals surface area contributed by atoms with Crippen LogP contribution in [0.4, 0.5) is 0 Å². The Labute approximate surface area is 123 Å². The van der Waals surface area contributed by atoms with Crippen LogP contribution in [0, 0.1) is 23.2 Å². The first-order valence-electron chi connectivity index (χ1n) is 8.00. The summed E-state index contributed by atoms with van der Waals surface area (Å²) in [5.41, 5.74) is 0.725. The first kappa shape index (κ1) is 14.0. The number of hydrogen-bond donors (Lipinski definition) is 0. The molecular weight excluding hydrogens is 250 g/mol. The van der Waals surface area contributed by atoms with Crippen LogP contribution in [-0.4, -0.2) is 16.8 Å². The molecule has 0 heterocycles. The summed E-state index contributed by atoms with van der Waals surface area (Å²) >= 11 is 1.90. The molecule has 4 fully saturated rings. The second kappa shape index (κ2) is 4.79. The van der Waals surface area contributed by atoms with Crippen molar-refractivity contribution in [2.75, 3.05) is 6.26 Å². The van der Waals surface area contributed by atoms with Gasteiger partial charge in [-0.25, -0.2) is 0 Å². The van der Waals surface area contributed by atoms with Gasteiger partial charge in [0.2, 0.25) is 0 Å². The third kappa shape index (κ3) is 3.04. The van der Waals surface area contributed by atoms with Crippen LogP contribution in [0.3, 0.4) is 0 Å². The summed E-state index contributed by atoms with van der Waals surface area (Å²) in [4.78, 5) is 5.35. The van der Waals surface area contributed by atoms with E-state index in [0.717, 1.165) is 24.2 Å². The van der Waals surface area contributed by atoms with Gasteiger partial charge in [0.05, 0.1) is 10.6 Å². The molecule has 0 N–H and O–H groups in total. The molecule has 0 unspecified atom stereocenters. The third-order valence-electron chi connectivity index (χ3n) is 5.28. The van der Waals surface area contributed by atoms with Crippen molar-refractivity contribution in [1.29, 1.82) is 0 Å². The highest BCUT2D eigenvalue weighted by Crippen LogP contribution is 2.57. The van der Waals surface area contributed by atoms with Crippen molar-refractivity contribution in [2.45, 2.75) is 71.3 Å². The molecule has 1 nitrogen and oxygen atoms in total. The lowest BCUT2D eigenvalue weighted by Gasteiger charge is -2.55. The van der Waals surface area contributed by atoms with E-state index in [2.05, 4.69) is 27.0 Å². The lowest BCUT2D eigenvalue weighted by atomic mass is 9.53. The molecule has 0 radical (unpaired) electrons. The fraction of sp³-hybridized carbons (Fsp3) is 0.941. The standard InChI is InChI=1S/C17H29NS/c1-16(2,3)11-15(19-4)18-17-8-12-5-13(9-17)7-14(6-12)10-17/h12-14H,5-11H2,1-4H3. The molecule has 2 heteroatoms. The van der Waals surface area contributed by atoms with Crippen molar-refractivity contribution in [2.24, 2.45) is 28.2 Å². The monoisotopic (exact) mass is 279 g/mol. The van der Waals surface area contributed by atoms with E-state index in [9.17, 15) is 0 Å². The summed E-state index contributed by atoms with van der Waals surface area (Å²) in [7, 11) is 0. The van der Waals surface area contributed by atoms with Gasteiger partial charge in [0.1, 0.15) is 0 Å². The molecule has 4 saturated carbocycles. The van der Waals surface area contributed by atoms with Crippen molar-refractivity contribution in [3.63, 3.8) is 0 Å². The van der Waals surface area contributed by atoms with Crippen LogP contribution in [0.25, 0.3) is 0 Å². The Hall–Kier alpha value is 0.0200. The van der Waals surface area contributed by atoms with Gasteiger partial charge in [-0.2, -0.15) is 0 Å². The molecule has 4 aliphatic rings. The molecule has 108 valence electrons. The number of rotatable bonds is 2. The van der Waals surface area contributed by atoms with Gasteiger partial charge >= 0.3 is 0 Å². The molecule has 0 atom stereocenters. The molecule has 0 aliphatic heterocycles. The van der Waals surface area contributed by atoms with Crippen molar-refractivity contribution < 1.29 is 0 Å². The lowest BCUT2D eigenvalue weighted by Crippen LogP contribution is -2.49. The normalized spacial score (nSPS) is 41.9. The Balaban J connectivity index is 1.80. The Bertz CT molecular complexity index is 342. The molecule has 19 heavy (non-hydrogen) atoms. The van der Waals surface area contributed by atoms with Crippen LogP contribution in [0.1, 0.15) is 65.7 Å². The van der Waals surface area contributed by atoms with Crippen LogP contribution in [0.5, 0.6) is 0 Å². The van der Waals surface area contributed by atoms with Crippen molar-refractivity contribution in [3.05, 3.63) is 0 Å². The second-order valence-electron chi connectivity index (χ2n) is 8.59. The topological polar surface area (TPSA) is 12.4 Å². The summed E-state index contributed by atoms with van der Waals surface area (Å²) in [6, 6.07) is 0. The number of thioether (sulfide) groups is 1. The SMILES string of the molecule is CSC(CC(C)(C)C)=NC12CC3CC(CC(C3)C1)C2. The van der Waals surface area contributed by atoms with Crippen molar-refractivity contribution >= 4 is 16.8 Å². The van der Waals surface area contributed by atoms with Gasteiger partial charge in [0, 0.05) is 6.42 Å². The van der Waals surface area contributed by atoms with Gasteiger partial charge in [0.15, 0.2) is 0 Å². The molecule has 0 amide bonds. The molecule has 4 aliphatic carbocycles. The largest absolute Gasteiger partial charge is 0.276 e. The molecule has 0 saturated heterocycles. The maximum atomic E-state index is 5.35. The average Bonchev–Trinajstić information content (AvgIpc) is 2.23. The Morgan fingerprint density at radius 1 is 1.05 bits per heavy atom. The Morgan fingerprint density at radius 3 is 1.89 bits per heavy atom. The van der Waals surface area contributed by atoms with Crippen molar-refractivity contribution in [1.82, 2.24) is 0 Å². The highest BCUT2D eigenvalue weighted by molar-refractivity contribution is 8.13. The predicted molar refractivity (Wildman–Crippen MR) is 85.9 cm³/mol. The van der Waals surface area contributed by atoms with E-state index in [1.54, 1.807) is 0 Å². The number of hydrogen-bond acceptors (Lipinski definition) is 2. The van der Waals surface area contributed by atoms with E-state index >= 15 is 0 Å². The Morgan fingerprint density at radius 2 is 1.53 bits per heavy atom. The minimum Gasteiger partial charge on any atom is -0.276 e. The fourth-order valence-electron chi connectivity index (χ4n) is 5.08. The minimum atomic E-state index is 0.359. The average molecular weight is 279 g/mol. The maximum absolute atomic E-state index is 5.35. The molecule has 0 aromatic carbocycles. The molecule has 4 rings (SSSR count). The summed E-state index contributed by atoms with van der Waals surface area (Å²) in [5, 5.41) is 1.41. The highest BCUT2D eigenvalue weighted by Gasteiger charge is 2.51. The molecule has 0 aromatic heterocycles. The zero-order valence-electron chi connectivity index (χ0n) is 13.0. The van der Waals surface area contributed by atoms with Crippen LogP contribution in [-0.2, 0) is 0 Å². The zero-order chi connectivity index (χ0) is 13.7.